The molecule has 1 aliphatic rings. The highest BCUT2D eigenvalue weighted by molar-refractivity contribution is 5.94. The van der Waals surface area contributed by atoms with Gasteiger partial charge in [0.15, 0.2) is 0 Å². The van der Waals surface area contributed by atoms with Crippen molar-refractivity contribution in [2.24, 2.45) is 0 Å². The van der Waals surface area contributed by atoms with Gasteiger partial charge in [0.05, 0.1) is 18.4 Å². The van der Waals surface area contributed by atoms with Crippen LogP contribution in [0.2, 0.25) is 0 Å². The zero-order valence-corrected chi connectivity index (χ0v) is 22.6. The molecule has 5 rings (SSSR count). The number of rotatable bonds is 10. The number of methoxy groups -OCH3 is 1. The van der Waals surface area contributed by atoms with E-state index in [-0.39, 0.29) is 25.0 Å². The maximum Gasteiger partial charge on any atom is 0.416 e. The number of hydrogen-bond donors (Lipinski definition) is 2. The Morgan fingerprint density at radius 1 is 1.00 bits per heavy atom. The first-order valence-corrected chi connectivity index (χ1v) is 13.4. The first-order chi connectivity index (χ1) is 19.7. The zero-order valence-electron chi connectivity index (χ0n) is 22.6. The monoisotopic (exact) mass is 564 g/mol. The van der Waals surface area contributed by atoms with Crippen LogP contribution in [0.15, 0.2) is 79.0 Å². The molecule has 0 saturated heterocycles. The van der Waals surface area contributed by atoms with E-state index in [0.717, 1.165) is 41.4 Å². The lowest BCUT2D eigenvalue weighted by molar-refractivity contribution is -0.137. The molecule has 3 amide bonds. The van der Waals surface area contributed by atoms with Crippen LogP contribution in [0.4, 0.5) is 23.7 Å². The van der Waals surface area contributed by atoms with Crippen molar-refractivity contribution in [3.63, 3.8) is 0 Å². The predicted octanol–water partition coefficient (Wildman–Crippen LogP) is 6.46. The van der Waals surface area contributed by atoms with E-state index < -0.39 is 17.8 Å². The molecule has 4 aromatic rings. The second kappa shape index (κ2) is 12.0. The lowest BCUT2D eigenvalue weighted by Crippen LogP contribution is -2.45. The zero-order chi connectivity index (χ0) is 29.0. The molecule has 0 radical (unpaired) electrons. The fourth-order valence-corrected chi connectivity index (χ4v) is 4.84. The first-order valence-electron chi connectivity index (χ1n) is 13.4. The van der Waals surface area contributed by atoms with Crippen LogP contribution < -0.4 is 10.1 Å². The summed E-state index contributed by atoms with van der Waals surface area (Å²) in [6, 6.07) is 19.2. The number of ether oxygens (including phenoxy) is 1. The summed E-state index contributed by atoms with van der Waals surface area (Å²) in [4.78, 5) is 33.4. The molecule has 214 valence electrons. The normalized spacial score (nSPS) is 13.2. The smallest absolute Gasteiger partial charge is 0.416 e. The van der Waals surface area contributed by atoms with Gasteiger partial charge in [0, 0.05) is 36.2 Å². The summed E-state index contributed by atoms with van der Waals surface area (Å²) >= 11 is 0. The third-order valence-electron chi connectivity index (χ3n) is 7.24. The second-order valence-corrected chi connectivity index (χ2v) is 10.1. The van der Waals surface area contributed by atoms with E-state index in [0.29, 0.717) is 30.0 Å². The molecule has 1 aliphatic carbocycles. The molecule has 0 bridgehead atoms. The third-order valence-corrected chi connectivity index (χ3v) is 7.24. The van der Waals surface area contributed by atoms with Gasteiger partial charge < -0.3 is 24.8 Å². The molecule has 1 saturated carbocycles. The number of carbonyl (C=O) groups excluding carboxylic acids is 2. The standard InChI is InChI=1S/C31H31F3N4O3/c1-41-28-9-5-4-8-27(28)36-30(40)38(24-14-15-24)20-29(39)37(19-21-10-12-23(13-11-21)31(32,33)34)17-16-22-18-35-26-7-3-2-6-25(22)26/h2-13,18,24,35H,14-17,19-20H2,1H3,(H,36,40). The van der Waals surface area contributed by atoms with Crippen LogP contribution in [0, 0.1) is 0 Å². The van der Waals surface area contributed by atoms with Crippen molar-refractivity contribution < 1.29 is 27.5 Å². The van der Waals surface area contributed by atoms with Crippen LogP contribution >= 0.6 is 0 Å². The number of para-hydroxylation sites is 3. The van der Waals surface area contributed by atoms with E-state index in [2.05, 4.69) is 10.3 Å². The van der Waals surface area contributed by atoms with E-state index >= 15 is 0 Å². The van der Waals surface area contributed by atoms with Crippen LogP contribution in [-0.4, -0.2) is 53.0 Å². The molecular weight excluding hydrogens is 533 g/mol. The Hall–Kier alpha value is -4.47. The van der Waals surface area contributed by atoms with Crippen LogP contribution in [0.1, 0.15) is 29.5 Å². The highest BCUT2D eigenvalue weighted by Crippen LogP contribution is 2.31. The van der Waals surface area contributed by atoms with Crippen molar-refractivity contribution in [1.82, 2.24) is 14.8 Å². The number of H-pyrrole nitrogens is 1. The average Bonchev–Trinajstić information content (AvgIpc) is 3.73. The SMILES string of the molecule is COc1ccccc1NC(=O)N(CC(=O)N(CCc1c[nH]c2ccccc12)Cc1ccc(C(F)(F)F)cc1)C1CC1. The van der Waals surface area contributed by atoms with Gasteiger partial charge in [0.2, 0.25) is 5.91 Å². The Kier molecular flexibility index (Phi) is 8.19. The topological polar surface area (TPSA) is 77.7 Å². The minimum absolute atomic E-state index is 0.0600. The number of aromatic amines is 1. The molecule has 2 N–H and O–H groups in total. The van der Waals surface area contributed by atoms with Gasteiger partial charge in [-0.2, -0.15) is 13.2 Å². The van der Waals surface area contributed by atoms with E-state index in [1.807, 2.05) is 30.5 Å². The largest absolute Gasteiger partial charge is 0.495 e. The molecule has 0 aliphatic heterocycles. The van der Waals surface area contributed by atoms with E-state index in [1.165, 1.54) is 24.1 Å². The number of hydrogen-bond acceptors (Lipinski definition) is 3. The minimum atomic E-state index is -4.44. The fourth-order valence-electron chi connectivity index (χ4n) is 4.84. The van der Waals surface area contributed by atoms with Crippen molar-refractivity contribution in [2.45, 2.75) is 38.0 Å². The summed E-state index contributed by atoms with van der Waals surface area (Å²) in [5.74, 6) is 0.220. The van der Waals surface area contributed by atoms with Crippen LogP contribution in [0.5, 0.6) is 5.75 Å². The number of amides is 3. The summed E-state index contributed by atoms with van der Waals surface area (Å²) in [5, 5.41) is 3.90. The molecule has 1 heterocycles. The van der Waals surface area contributed by atoms with Gasteiger partial charge in [-0.05, 0) is 60.7 Å². The number of benzene rings is 3. The quantitative estimate of drug-likeness (QED) is 0.232. The number of urea groups is 1. The Morgan fingerprint density at radius 2 is 1.71 bits per heavy atom. The fraction of sp³-hybridized carbons (Fsp3) is 0.290. The maximum absolute atomic E-state index is 13.7. The predicted molar refractivity (Wildman–Crippen MR) is 151 cm³/mol. The molecule has 1 fully saturated rings. The number of aromatic nitrogens is 1. The summed E-state index contributed by atoms with van der Waals surface area (Å²) in [6.07, 6.45) is -0.416. The number of halogens is 3. The summed E-state index contributed by atoms with van der Waals surface area (Å²) in [5.41, 5.74) is 2.33. The van der Waals surface area contributed by atoms with Crippen molar-refractivity contribution in [2.75, 3.05) is 25.5 Å². The minimum Gasteiger partial charge on any atom is -0.495 e. The number of nitrogens with zero attached hydrogens (tertiary/aromatic N) is 2. The number of alkyl halides is 3. The Balaban J connectivity index is 1.34. The van der Waals surface area contributed by atoms with E-state index in [9.17, 15) is 22.8 Å². The second-order valence-electron chi connectivity index (χ2n) is 10.1. The van der Waals surface area contributed by atoms with Gasteiger partial charge >= 0.3 is 12.2 Å². The summed E-state index contributed by atoms with van der Waals surface area (Å²) < 4.78 is 44.6. The molecule has 41 heavy (non-hydrogen) atoms. The van der Waals surface area contributed by atoms with Gasteiger partial charge in [-0.15, -0.1) is 0 Å². The molecule has 1 aromatic heterocycles. The molecule has 3 aromatic carbocycles. The third kappa shape index (κ3) is 6.82. The van der Waals surface area contributed by atoms with Crippen LogP contribution in [0.25, 0.3) is 10.9 Å². The van der Waals surface area contributed by atoms with Gasteiger partial charge in [-0.3, -0.25) is 4.79 Å². The van der Waals surface area contributed by atoms with E-state index in [4.69, 9.17) is 4.74 Å². The summed E-state index contributed by atoms with van der Waals surface area (Å²) in [6.45, 7) is 0.292. The van der Waals surface area contributed by atoms with Gasteiger partial charge in [-0.25, -0.2) is 4.79 Å². The van der Waals surface area contributed by atoms with Crippen molar-refractivity contribution in [3.05, 3.63) is 95.7 Å². The van der Waals surface area contributed by atoms with Crippen molar-refractivity contribution in [1.29, 1.82) is 0 Å². The Labute approximate surface area is 235 Å². The summed E-state index contributed by atoms with van der Waals surface area (Å²) in [7, 11) is 1.51. The highest BCUT2D eigenvalue weighted by atomic mass is 19.4. The van der Waals surface area contributed by atoms with Crippen molar-refractivity contribution in [3.8, 4) is 5.75 Å². The highest BCUT2D eigenvalue weighted by Gasteiger charge is 2.35. The average molecular weight is 565 g/mol. The van der Waals surface area contributed by atoms with E-state index in [1.54, 1.807) is 29.2 Å². The van der Waals surface area contributed by atoms with Gasteiger partial charge in [-0.1, -0.05) is 42.5 Å². The maximum atomic E-state index is 13.7. The van der Waals surface area contributed by atoms with Crippen molar-refractivity contribution >= 4 is 28.5 Å². The molecule has 0 atom stereocenters. The molecule has 0 spiro atoms. The first kappa shape index (κ1) is 28.1. The molecule has 7 nitrogen and oxygen atoms in total. The molecule has 10 heteroatoms. The number of fused-ring (bicyclic) bond motifs is 1. The van der Waals surface area contributed by atoms with Gasteiger partial charge in [0.25, 0.3) is 0 Å². The van der Waals surface area contributed by atoms with Crippen LogP contribution in [-0.2, 0) is 23.9 Å². The Bertz CT molecular complexity index is 1510. The number of anilines is 1. The lowest BCUT2D eigenvalue weighted by atomic mass is 10.1. The number of nitrogens with one attached hydrogen (secondary N) is 2. The van der Waals surface area contributed by atoms with Crippen LogP contribution in [0.3, 0.4) is 0 Å². The molecule has 0 unspecified atom stereocenters. The lowest BCUT2D eigenvalue weighted by Gasteiger charge is -2.28. The van der Waals surface area contributed by atoms with Gasteiger partial charge in [0.1, 0.15) is 12.3 Å². The Morgan fingerprint density at radius 3 is 2.41 bits per heavy atom. The number of carbonyl (C=O) groups is 2. The molecular formula is C31H31F3N4O3.